The number of carbonyl (C=O) groups is 1. The lowest BCUT2D eigenvalue weighted by atomic mass is 10.1. The monoisotopic (exact) mass is 252 g/mol. The van der Waals surface area contributed by atoms with Crippen molar-refractivity contribution in [3.8, 4) is 11.5 Å². The van der Waals surface area contributed by atoms with Crippen LogP contribution < -0.4 is 9.47 Å². The van der Waals surface area contributed by atoms with E-state index in [-0.39, 0.29) is 0 Å². The summed E-state index contributed by atoms with van der Waals surface area (Å²) in [5, 5.41) is 0. The number of carbonyl (C=O) groups excluding carboxylic acids is 1. The first-order valence-electron chi connectivity index (χ1n) is 4.35. The molecule has 0 heterocycles. The van der Waals surface area contributed by atoms with Gasteiger partial charge in [0.15, 0.2) is 11.6 Å². The first-order valence-corrected chi connectivity index (χ1v) is 4.35. The van der Waals surface area contributed by atoms with Crippen LogP contribution in [-0.4, -0.2) is 26.2 Å². The van der Waals surface area contributed by atoms with Gasteiger partial charge in [-0.25, -0.2) is 4.39 Å². The SMILES string of the molecule is COc1ccc(F)c(OC)c1C(=O)C(F)(F)F. The van der Waals surface area contributed by atoms with Crippen molar-refractivity contribution < 1.29 is 31.8 Å². The minimum Gasteiger partial charge on any atom is -0.496 e. The number of ketones is 1. The third kappa shape index (κ3) is 2.48. The molecule has 17 heavy (non-hydrogen) atoms. The molecule has 0 saturated heterocycles. The van der Waals surface area contributed by atoms with Gasteiger partial charge in [-0.3, -0.25) is 4.79 Å². The van der Waals surface area contributed by atoms with E-state index in [0.29, 0.717) is 0 Å². The molecule has 94 valence electrons. The molecule has 0 aliphatic rings. The van der Waals surface area contributed by atoms with E-state index < -0.39 is 34.8 Å². The van der Waals surface area contributed by atoms with Gasteiger partial charge in [0.1, 0.15) is 11.3 Å². The van der Waals surface area contributed by atoms with Gasteiger partial charge in [-0.15, -0.1) is 0 Å². The van der Waals surface area contributed by atoms with E-state index in [1.807, 2.05) is 0 Å². The fraction of sp³-hybridized carbons (Fsp3) is 0.300. The van der Waals surface area contributed by atoms with Gasteiger partial charge >= 0.3 is 6.18 Å². The predicted octanol–water partition coefficient (Wildman–Crippen LogP) is 2.59. The second-order valence-corrected chi connectivity index (χ2v) is 2.98. The number of methoxy groups -OCH3 is 2. The molecular weight excluding hydrogens is 244 g/mol. The molecule has 0 spiro atoms. The molecule has 0 amide bonds. The van der Waals surface area contributed by atoms with Crippen LogP contribution in [0, 0.1) is 5.82 Å². The number of benzene rings is 1. The van der Waals surface area contributed by atoms with Gasteiger partial charge in [0.25, 0.3) is 5.78 Å². The topological polar surface area (TPSA) is 35.5 Å². The van der Waals surface area contributed by atoms with Crippen LogP contribution in [0.15, 0.2) is 12.1 Å². The van der Waals surface area contributed by atoms with Gasteiger partial charge in [0, 0.05) is 0 Å². The third-order valence-corrected chi connectivity index (χ3v) is 1.98. The highest BCUT2D eigenvalue weighted by Crippen LogP contribution is 2.36. The zero-order valence-electron chi connectivity index (χ0n) is 8.89. The molecule has 3 nitrogen and oxygen atoms in total. The van der Waals surface area contributed by atoms with Crippen LogP contribution >= 0.6 is 0 Å². The van der Waals surface area contributed by atoms with Crippen LogP contribution in [0.5, 0.6) is 11.5 Å². The molecule has 0 radical (unpaired) electrons. The van der Waals surface area contributed by atoms with E-state index >= 15 is 0 Å². The predicted molar refractivity (Wildman–Crippen MR) is 49.9 cm³/mol. The molecule has 1 rings (SSSR count). The maximum atomic E-state index is 13.2. The molecule has 0 atom stereocenters. The second kappa shape index (κ2) is 4.60. The second-order valence-electron chi connectivity index (χ2n) is 2.98. The van der Waals surface area contributed by atoms with E-state index in [9.17, 15) is 22.4 Å². The molecule has 0 aromatic heterocycles. The van der Waals surface area contributed by atoms with Gasteiger partial charge in [-0.1, -0.05) is 0 Å². The summed E-state index contributed by atoms with van der Waals surface area (Å²) in [5.74, 6) is -4.47. The zero-order valence-corrected chi connectivity index (χ0v) is 8.89. The summed E-state index contributed by atoms with van der Waals surface area (Å²) in [5.41, 5.74) is -0.970. The molecule has 7 heteroatoms. The summed E-state index contributed by atoms with van der Waals surface area (Å²) in [6.07, 6.45) is -5.13. The molecule has 0 bridgehead atoms. The third-order valence-electron chi connectivity index (χ3n) is 1.98. The first kappa shape index (κ1) is 13.3. The van der Waals surface area contributed by atoms with Crippen LogP contribution in [0.1, 0.15) is 10.4 Å². The van der Waals surface area contributed by atoms with Gasteiger partial charge in [0.05, 0.1) is 14.2 Å². The molecule has 0 unspecified atom stereocenters. The minimum atomic E-state index is -5.13. The quantitative estimate of drug-likeness (QED) is 0.612. The van der Waals surface area contributed by atoms with Crippen LogP contribution in [0.4, 0.5) is 17.6 Å². The highest BCUT2D eigenvalue weighted by atomic mass is 19.4. The molecule has 0 saturated carbocycles. The van der Waals surface area contributed by atoms with E-state index in [0.717, 1.165) is 26.4 Å². The Morgan fingerprint density at radius 2 is 1.76 bits per heavy atom. The summed E-state index contributed by atoms with van der Waals surface area (Å²) in [6, 6.07) is 1.78. The number of ether oxygens (including phenoxy) is 2. The van der Waals surface area contributed by atoms with E-state index in [1.165, 1.54) is 0 Å². The molecule has 0 aliphatic heterocycles. The van der Waals surface area contributed by atoms with Crippen LogP contribution in [-0.2, 0) is 0 Å². The van der Waals surface area contributed by atoms with E-state index in [4.69, 9.17) is 0 Å². The Balaban J connectivity index is 3.48. The fourth-order valence-corrected chi connectivity index (χ4v) is 1.27. The van der Waals surface area contributed by atoms with Crippen molar-refractivity contribution in [2.24, 2.45) is 0 Å². The molecule has 1 aromatic carbocycles. The average molecular weight is 252 g/mol. The molecular formula is C10H8F4O3. The molecule has 0 aliphatic carbocycles. The van der Waals surface area contributed by atoms with Crippen molar-refractivity contribution in [3.05, 3.63) is 23.5 Å². The van der Waals surface area contributed by atoms with Crippen molar-refractivity contribution in [3.63, 3.8) is 0 Å². The normalized spacial score (nSPS) is 11.2. The lowest BCUT2D eigenvalue weighted by molar-refractivity contribution is -0.0888. The Labute approximate surface area is 93.9 Å². The number of hydrogen-bond acceptors (Lipinski definition) is 3. The van der Waals surface area contributed by atoms with Gasteiger partial charge in [0.2, 0.25) is 0 Å². The lowest BCUT2D eigenvalue weighted by Gasteiger charge is -2.14. The number of alkyl halides is 3. The number of hydrogen-bond donors (Lipinski definition) is 0. The standard InChI is InChI=1S/C10H8F4O3/c1-16-6-4-3-5(11)8(17-2)7(6)9(15)10(12,13)14/h3-4H,1-2H3. The van der Waals surface area contributed by atoms with Crippen molar-refractivity contribution >= 4 is 5.78 Å². The van der Waals surface area contributed by atoms with E-state index in [2.05, 4.69) is 9.47 Å². The van der Waals surface area contributed by atoms with Gasteiger partial charge < -0.3 is 9.47 Å². The summed E-state index contributed by atoms with van der Waals surface area (Å²) in [6.45, 7) is 0. The van der Waals surface area contributed by atoms with Crippen molar-refractivity contribution in [1.29, 1.82) is 0 Å². The highest BCUT2D eigenvalue weighted by Gasteiger charge is 2.43. The number of Topliss-reactive ketones (excluding diaryl/α,β-unsaturated/α-hetero) is 1. The average Bonchev–Trinajstić information content (AvgIpc) is 2.26. The van der Waals surface area contributed by atoms with E-state index in [1.54, 1.807) is 0 Å². The molecule has 0 N–H and O–H groups in total. The lowest BCUT2D eigenvalue weighted by Crippen LogP contribution is -2.24. The number of rotatable bonds is 3. The Morgan fingerprint density at radius 1 is 1.18 bits per heavy atom. The summed E-state index contributed by atoms with van der Waals surface area (Å²) in [4.78, 5) is 11.1. The Bertz CT molecular complexity index is 440. The molecule has 0 fully saturated rings. The maximum absolute atomic E-state index is 13.2. The summed E-state index contributed by atoms with van der Waals surface area (Å²) >= 11 is 0. The van der Waals surface area contributed by atoms with Gasteiger partial charge in [-0.05, 0) is 12.1 Å². The van der Waals surface area contributed by atoms with Crippen molar-refractivity contribution in [2.75, 3.05) is 14.2 Å². The van der Waals surface area contributed by atoms with Crippen LogP contribution in [0.2, 0.25) is 0 Å². The van der Waals surface area contributed by atoms with Crippen LogP contribution in [0.3, 0.4) is 0 Å². The van der Waals surface area contributed by atoms with Gasteiger partial charge in [-0.2, -0.15) is 13.2 Å². The Morgan fingerprint density at radius 3 is 2.18 bits per heavy atom. The minimum absolute atomic E-state index is 0.398. The fourth-order valence-electron chi connectivity index (χ4n) is 1.27. The summed E-state index contributed by atoms with van der Waals surface area (Å²) < 4.78 is 59.2. The number of halogens is 4. The van der Waals surface area contributed by atoms with Crippen molar-refractivity contribution in [2.45, 2.75) is 6.18 Å². The Kier molecular flexibility index (Phi) is 3.59. The van der Waals surface area contributed by atoms with Crippen molar-refractivity contribution in [1.82, 2.24) is 0 Å². The maximum Gasteiger partial charge on any atom is 0.455 e. The first-order chi connectivity index (χ1) is 7.82. The smallest absolute Gasteiger partial charge is 0.455 e. The Hall–Kier alpha value is -1.79. The largest absolute Gasteiger partial charge is 0.496 e. The summed E-state index contributed by atoms with van der Waals surface area (Å²) in [7, 11) is 2.03. The highest BCUT2D eigenvalue weighted by molar-refractivity contribution is 6.05. The van der Waals surface area contributed by atoms with Crippen LogP contribution in [0.25, 0.3) is 0 Å². The molecule has 1 aromatic rings. The zero-order chi connectivity index (χ0) is 13.2.